The van der Waals surface area contributed by atoms with Crippen molar-refractivity contribution in [2.24, 2.45) is 0 Å². The summed E-state index contributed by atoms with van der Waals surface area (Å²) in [6.07, 6.45) is 11.4. The van der Waals surface area contributed by atoms with Gasteiger partial charge in [-0.05, 0) is 48.5 Å². The number of hydrogen-bond acceptors (Lipinski definition) is 8. The van der Waals surface area contributed by atoms with E-state index in [0.29, 0.717) is 0 Å². The fourth-order valence-corrected chi connectivity index (χ4v) is 1.96. The molecule has 0 saturated heterocycles. The molecule has 0 saturated carbocycles. The molecule has 0 atom stereocenters. The van der Waals surface area contributed by atoms with Crippen LogP contribution in [0.5, 0.6) is 0 Å². The quantitative estimate of drug-likeness (QED) is 0.163. The monoisotopic (exact) mass is 664 g/mol. The number of halogens is 2. The number of carbonyl (C=O) groups is 4. The van der Waals surface area contributed by atoms with Crippen LogP contribution < -0.4 is 24.8 Å². The van der Waals surface area contributed by atoms with E-state index in [1.807, 2.05) is 0 Å². The summed E-state index contributed by atoms with van der Waals surface area (Å²) in [6.45, 7) is 0. The van der Waals surface area contributed by atoms with Gasteiger partial charge in [0.2, 0.25) is 0 Å². The number of rotatable bonds is 4. The molecule has 0 bridgehead atoms. The fraction of sp³-hybridized carbons (Fsp3) is 0. The van der Waals surface area contributed by atoms with E-state index >= 15 is 0 Å². The molecule has 204 valence electrons. The molecule has 0 aliphatic carbocycles. The summed E-state index contributed by atoms with van der Waals surface area (Å²) in [5.74, 6) is -3.77. The van der Waals surface area contributed by atoms with E-state index in [0.717, 1.165) is 0 Å². The Morgan fingerprint density at radius 3 is 0.692 bits per heavy atom. The van der Waals surface area contributed by atoms with E-state index in [4.69, 9.17) is 20.4 Å². The van der Waals surface area contributed by atoms with Gasteiger partial charge in [-0.25, -0.2) is 19.2 Å². The maximum absolute atomic E-state index is 10.2. The van der Waals surface area contributed by atoms with Crippen LogP contribution >= 0.6 is 0 Å². The van der Waals surface area contributed by atoms with Gasteiger partial charge in [0.15, 0.2) is 0 Å². The molecule has 4 N–H and O–H groups in total. The van der Waals surface area contributed by atoms with Crippen LogP contribution in [0, 0.1) is 0 Å². The number of hydrogen-bond donors (Lipinski definition) is 4. The predicted octanol–water partition coefficient (Wildman–Crippen LogP) is -2.88. The van der Waals surface area contributed by atoms with Crippen molar-refractivity contribution in [2.45, 2.75) is 0 Å². The molecule has 15 heteroatoms. The molecule has 4 heterocycles. The van der Waals surface area contributed by atoms with E-state index in [9.17, 15) is 19.2 Å². The number of pyridine rings is 4. The summed E-state index contributed by atoms with van der Waals surface area (Å²) in [5.41, 5.74) is 0.880. The minimum atomic E-state index is -0.942. The molecule has 0 amide bonds. The third-order valence-corrected chi connectivity index (χ3v) is 3.63. The van der Waals surface area contributed by atoms with Crippen LogP contribution in [-0.2, 0) is 19.5 Å². The summed E-state index contributed by atoms with van der Waals surface area (Å²) in [6, 6.07) is 12.3. The summed E-state index contributed by atoms with van der Waals surface area (Å²) in [7, 11) is 0. The summed E-state index contributed by atoms with van der Waals surface area (Å²) < 4.78 is 0. The molecular formula is C24H20Cl2N4O8Ru+2. The molecule has 0 fully saturated rings. The van der Waals surface area contributed by atoms with E-state index < -0.39 is 23.9 Å². The Hall–Kier alpha value is -4.32. The Balaban J connectivity index is -0.000000432. The van der Waals surface area contributed by atoms with Crippen molar-refractivity contribution in [1.82, 2.24) is 19.9 Å². The first-order chi connectivity index (χ1) is 17.2. The standard InChI is InChI=1S/4C6H5NO2.2ClH.Ru/c4*8-6(9)5-2-1-3-7-4-5;;;/h4*1-4H,(H,8,9);2*1H;/q;;;;;;+4/p-2. The first-order valence-corrected chi connectivity index (χ1v) is 9.75. The van der Waals surface area contributed by atoms with Gasteiger partial charge in [-0.15, -0.1) is 0 Å². The molecule has 0 unspecified atom stereocenters. The van der Waals surface area contributed by atoms with E-state index in [2.05, 4.69) is 19.9 Å². The third kappa shape index (κ3) is 17.7. The first-order valence-electron chi connectivity index (χ1n) is 9.75. The Labute approximate surface area is 247 Å². The van der Waals surface area contributed by atoms with Crippen molar-refractivity contribution in [3.05, 3.63) is 120 Å². The fourth-order valence-electron chi connectivity index (χ4n) is 1.96. The van der Waals surface area contributed by atoms with Gasteiger partial charge >= 0.3 is 43.4 Å². The SMILES string of the molecule is O=C(O)c1cccnc1.O=C(O)c1cccnc1.O=C(O)c1cccnc1.O=C(O)c1cccnc1.[Cl-].[Cl-].[Ru+4]. The average molecular weight is 664 g/mol. The van der Waals surface area contributed by atoms with E-state index in [1.54, 1.807) is 24.3 Å². The molecule has 0 radical (unpaired) electrons. The van der Waals surface area contributed by atoms with Gasteiger partial charge < -0.3 is 45.2 Å². The number of aromatic carboxylic acids is 4. The van der Waals surface area contributed by atoms with Gasteiger partial charge in [0.1, 0.15) is 0 Å². The molecule has 39 heavy (non-hydrogen) atoms. The maximum atomic E-state index is 10.2. The molecular weight excluding hydrogens is 644 g/mol. The van der Waals surface area contributed by atoms with Crippen molar-refractivity contribution in [1.29, 1.82) is 0 Å². The topological polar surface area (TPSA) is 201 Å². The second kappa shape index (κ2) is 22.8. The Bertz CT molecular complexity index is 1050. The molecule has 0 aliphatic heterocycles. The number of carboxylic acid groups (broad SMARTS) is 4. The number of aromatic nitrogens is 4. The summed E-state index contributed by atoms with van der Waals surface area (Å²) in [5, 5.41) is 33.4. The summed E-state index contributed by atoms with van der Waals surface area (Å²) >= 11 is 0. The van der Waals surface area contributed by atoms with Gasteiger partial charge in [0.25, 0.3) is 0 Å². The Morgan fingerprint density at radius 2 is 0.615 bits per heavy atom. The van der Waals surface area contributed by atoms with Crippen molar-refractivity contribution in [3.8, 4) is 0 Å². The van der Waals surface area contributed by atoms with Gasteiger partial charge in [0.05, 0.1) is 22.3 Å². The minimum absolute atomic E-state index is 0. The first kappa shape index (κ1) is 39.2. The largest absolute Gasteiger partial charge is 4.00 e. The Kier molecular flexibility index (Phi) is 23.0. The van der Waals surface area contributed by atoms with Crippen LogP contribution in [0.2, 0.25) is 0 Å². The second-order valence-electron chi connectivity index (χ2n) is 6.19. The molecule has 0 aliphatic rings. The van der Waals surface area contributed by atoms with Crippen LogP contribution in [0.1, 0.15) is 41.4 Å². The number of carboxylic acids is 4. The van der Waals surface area contributed by atoms with E-state index in [1.165, 1.54) is 73.8 Å². The zero-order valence-corrected chi connectivity index (χ0v) is 22.8. The van der Waals surface area contributed by atoms with Gasteiger partial charge in [-0.1, -0.05) is 0 Å². The third-order valence-electron chi connectivity index (χ3n) is 3.63. The molecule has 4 aromatic heterocycles. The van der Waals surface area contributed by atoms with Crippen LogP contribution in [0.4, 0.5) is 0 Å². The molecule has 0 aromatic carbocycles. The zero-order chi connectivity index (χ0) is 26.8. The normalized spacial score (nSPS) is 8.21. The van der Waals surface area contributed by atoms with Crippen LogP contribution in [-0.4, -0.2) is 64.2 Å². The summed E-state index contributed by atoms with van der Waals surface area (Å²) in [4.78, 5) is 55.1. The predicted molar refractivity (Wildman–Crippen MR) is 125 cm³/mol. The van der Waals surface area contributed by atoms with Crippen molar-refractivity contribution < 1.29 is 83.9 Å². The smallest absolute Gasteiger partial charge is 1.00 e. The van der Waals surface area contributed by atoms with Crippen molar-refractivity contribution in [3.63, 3.8) is 0 Å². The molecule has 12 nitrogen and oxygen atoms in total. The second-order valence-corrected chi connectivity index (χ2v) is 6.19. The molecule has 0 spiro atoms. The van der Waals surface area contributed by atoms with Crippen LogP contribution in [0.3, 0.4) is 0 Å². The minimum Gasteiger partial charge on any atom is -1.00 e. The van der Waals surface area contributed by atoms with Crippen LogP contribution in [0.25, 0.3) is 0 Å². The van der Waals surface area contributed by atoms with E-state index in [-0.39, 0.29) is 66.5 Å². The van der Waals surface area contributed by atoms with Gasteiger partial charge in [0, 0.05) is 49.6 Å². The number of nitrogens with zero attached hydrogens (tertiary/aromatic N) is 4. The van der Waals surface area contributed by atoms with Gasteiger partial charge in [-0.2, -0.15) is 0 Å². The maximum Gasteiger partial charge on any atom is 4.00 e. The molecule has 4 aromatic rings. The van der Waals surface area contributed by atoms with Crippen molar-refractivity contribution >= 4 is 23.9 Å². The molecule has 4 rings (SSSR count). The van der Waals surface area contributed by atoms with Gasteiger partial charge in [-0.3, -0.25) is 19.9 Å². The zero-order valence-electron chi connectivity index (χ0n) is 19.6. The van der Waals surface area contributed by atoms with Crippen LogP contribution in [0.15, 0.2) is 98.1 Å². The average Bonchev–Trinajstić information content (AvgIpc) is 2.92. The Morgan fingerprint density at radius 1 is 0.436 bits per heavy atom. The van der Waals surface area contributed by atoms with Crippen molar-refractivity contribution in [2.75, 3.05) is 0 Å².